The lowest BCUT2D eigenvalue weighted by Crippen LogP contribution is -1.77. The van der Waals surface area contributed by atoms with Gasteiger partial charge in [-0.15, -0.1) is 6.58 Å². The molecule has 1 nitrogen and oxygen atoms in total. The Kier molecular flexibility index (Phi) is 11.1. The molecule has 0 spiro atoms. The van der Waals surface area contributed by atoms with Gasteiger partial charge in [-0.3, -0.25) is 0 Å². The first-order valence-electron chi connectivity index (χ1n) is 5.54. The Hall–Kier alpha value is -1.03. The predicted molar refractivity (Wildman–Crippen MR) is 61.9 cm³/mol. The summed E-state index contributed by atoms with van der Waals surface area (Å²) in [7, 11) is 0. The molecule has 0 heterocycles. The molecule has 0 atom stereocenters. The number of allylic oxidation sites excluding steroid dienone is 3. The monoisotopic (exact) mass is 191 g/mol. The number of rotatable bonds is 9. The van der Waals surface area contributed by atoms with Crippen LogP contribution in [0.5, 0.6) is 0 Å². The Balaban J connectivity index is 2.99. The van der Waals surface area contributed by atoms with Crippen LogP contribution in [0.3, 0.4) is 0 Å². The maximum atomic E-state index is 8.28. The number of unbranched alkanes of at least 4 members (excludes halogenated alkanes) is 6. The largest absolute Gasteiger partial charge is 0.198 e. The van der Waals surface area contributed by atoms with Crippen molar-refractivity contribution in [3.63, 3.8) is 0 Å². The molecule has 0 N–H and O–H groups in total. The van der Waals surface area contributed by atoms with E-state index in [2.05, 4.69) is 18.7 Å². The second kappa shape index (κ2) is 12.0. The fraction of sp³-hybridized carbons (Fsp3) is 0.615. The lowest BCUT2D eigenvalue weighted by atomic mass is 10.1. The van der Waals surface area contributed by atoms with Gasteiger partial charge in [-0.25, -0.2) is 0 Å². The fourth-order valence-electron chi connectivity index (χ4n) is 1.34. The van der Waals surface area contributed by atoms with Crippen LogP contribution < -0.4 is 0 Å². The van der Waals surface area contributed by atoms with E-state index in [9.17, 15) is 0 Å². The Labute approximate surface area is 88.1 Å². The molecule has 0 bridgehead atoms. The highest BCUT2D eigenvalue weighted by Crippen LogP contribution is 2.07. The van der Waals surface area contributed by atoms with Gasteiger partial charge < -0.3 is 0 Å². The third kappa shape index (κ3) is 11.0. The molecular weight excluding hydrogens is 170 g/mol. The molecule has 0 saturated carbocycles. The number of hydrogen-bond acceptors (Lipinski definition) is 1. The summed E-state index contributed by atoms with van der Waals surface area (Å²) in [5.74, 6) is 0. The Morgan fingerprint density at radius 3 is 2.21 bits per heavy atom. The number of nitrogens with zero attached hydrogens (tertiary/aromatic N) is 1. The standard InChI is InChI=1S/C13H21N/c1-2-3-4-5-6-7-8-9-10-11-12-13-14/h2,10-11H,1,3-9,12H2/b11-10+. The second-order valence-corrected chi connectivity index (χ2v) is 3.47. The highest BCUT2D eigenvalue weighted by atomic mass is 14.2. The Morgan fingerprint density at radius 1 is 0.929 bits per heavy atom. The van der Waals surface area contributed by atoms with Gasteiger partial charge in [-0.1, -0.05) is 37.5 Å². The van der Waals surface area contributed by atoms with E-state index in [1.807, 2.05) is 12.2 Å². The van der Waals surface area contributed by atoms with Crippen molar-refractivity contribution in [3.05, 3.63) is 24.8 Å². The number of hydrogen-bond donors (Lipinski definition) is 0. The van der Waals surface area contributed by atoms with Crippen LogP contribution >= 0.6 is 0 Å². The highest BCUT2D eigenvalue weighted by Gasteiger charge is 1.88. The molecule has 0 aliphatic heterocycles. The molecule has 0 rings (SSSR count). The molecule has 0 saturated heterocycles. The van der Waals surface area contributed by atoms with E-state index in [1.165, 1.54) is 32.1 Å². The molecule has 0 aliphatic rings. The predicted octanol–water partition coefficient (Wildman–Crippen LogP) is 4.37. The van der Waals surface area contributed by atoms with Crippen molar-refractivity contribution >= 4 is 0 Å². The van der Waals surface area contributed by atoms with Crippen LogP contribution in [0.1, 0.15) is 51.4 Å². The SMILES string of the molecule is C=CCCCCCCC/C=C/CC#N. The van der Waals surface area contributed by atoms with E-state index >= 15 is 0 Å². The average molecular weight is 191 g/mol. The van der Waals surface area contributed by atoms with E-state index < -0.39 is 0 Å². The normalized spacial score (nSPS) is 10.2. The summed E-state index contributed by atoms with van der Waals surface area (Å²) >= 11 is 0. The average Bonchev–Trinajstić information content (AvgIpc) is 2.21. The van der Waals surface area contributed by atoms with E-state index in [4.69, 9.17) is 5.26 Å². The first kappa shape index (κ1) is 13.0. The van der Waals surface area contributed by atoms with Crippen molar-refractivity contribution in [2.45, 2.75) is 51.4 Å². The van der Waals surface area contributed by atoms with Gasteiger partial charge in [0.05, 0.1) is 12.5 Å². The van der Waals surface area contributed by atoms with Crippen molar-refractivity contribution in [2.24, 2.45) is 0 Å². The summed E-state index contributed by atoms with van der Waals surface area (Å²) in [6.45, 7) is 3.70. The highest BCUT2D eigenvalue weighted by molar-refractivity contribution is 4.90. The second-order valence-electron chi connectivity index (χ2n) is 3.47. The molecular formula is C13H21N. The molecule has 0 fully saturated rings. The summed E-state index contributed by atoms with van der Waals surface area (Å²) < 4.78 is 0. The van der Waals surface area contributed by atoms with Gasteiger partial charge in [0.25, 0.3) is 0 Å². The van der Waals surface area contributed by atoms with Crippen LogP contribution in [0.4, 0.5) is 0 Å². The zero-order chi connectivity index (χ0) is 10.5. The van der Waals surface area contributed by atoms with Crippen LogP contribution in [-0.2, 0) is 0 Å². The quantitative estimate of drug-likeness (QED) is 0.392. The molecule has 0 aromatic rings. The van der Waals surface area contributed by atoms with Crippen molar-refractivity contribution < 1.29 is 0 Å². The summed E-state index contributed by atoms with van der Waals surface area (Å²) in [4.78, 5) is 0. The third-order valence-electron chi connectivity index (χ3n) is 2.15. The van der Waals surface area contributed by atoms with Crippen molar-refractivity contribution in [2.75, 3.05) is 0 Å². The van der Waals surface area contributed by atoms with Gasteiger partial charge in [0.2, 0.25) is 0 Å². The zero-order valence-electron chi connectivity index (χ0n) is 9.04. The first-order valence-corrected chi connectivity index (χ1v) is 5.54. The van der Waals surface area contributed by atoms with E-state index in [0.29, 0.717) is 6.42 Å². The van der Waals surface area contributed by atoms with Crippen LogP contribution in [-0.4, -0.2) is 0 Å². The maximum absolute atomic E-state index is 8.28. The molecule has 78 valence electrons. The minimum Gasteiger partial charge on any atom is -0.198 e. The van der Waals surface area contributed by atoms with Gasteiger partial charge in [0.1, 0.15) is 0 Å². The van der Waals surface area contributed by atoms with Crippen LogP contribution in [0.15, 0.2) is 24.8 Å². The van der Waals surface area contributed by atoms with Gasteiger partial charge in [-0.05, 0) is 25.7 Å². The molecule has 0 aliphatic carbocycles. The Bertz CT molecular complexity index is 186. The van der Waals surface area contributed by atoms with Gasteiger partial charge in [0.15, 0.2) is 0 Å². The maximum Gasteiger partial charge on any atom is 0.0663 e. The van der Waals surface area contributed by atoms with Crippen LogP contribution in [0.25, 0.3) is 0 Å². The minimum atomic E-state index is 0.555. The summed E-state index contributed by atoms with van der Waals surface area (Å²) in [5.41, 5.74) is 0. The molecule has 0 amide bonds. The van der Waals surface area contributed by atoms with E-state index in [0.717, 1.165) is 12.8 Å². The molecule has 14 heavy (non-hydrogen) atoms. The van der Waals surface area contributed by atoms with Gasteiger partial charge in [-0.2, -0.15) is 5.26 Å². The molecule has 0 aromatic heterocycles. The summed E-state index contributed by atoms with van der Waals surface area (Å²) in [5, 5.41) is 8.28. The van der Waals surface area contributed by atoms with Crippen molar-refractivity contribution in [1.29, 1.82) is 5.26 Å². The van der Waals surface area contributed by atoms with Crippen LogP contribution in [0.2, 0.25) is 0 Å². The zero-order valence-corrected chi connectivity index (χ0v) is 9.04. The fourth-order valence-corrected chi connectivity index (χ4v) is 1.34. The summed E-state index contributed by atoms with van der Waals surface area (Å²) in [6.07, 6.45) is 15.4. The van der Waals surface area contributed by atoms with E-state index in [-0.39, 0.29) is 0 Å². The van der Waals surface area contributed by atoms with Gasteiger partial charge >= 0.3 is 0 Å². The lowest BCUT2D eigenvalue weighted by molar-refractivity contribution is 0.622. The van der Waals surface area contributed by atoms with Crippen molar-refractivity contribution in [1.82, 2.24) is 0 Å². The first-order chi connectivity index (χ1) is 6.91. The minimum absolute atomic E-state index is 0.555. The van der Waals surface area contributed by atoms with Gasteiger partial charge in [0, 0.05) is 0 Å². The van der Waals surface area contributed by atoms with Crippen molar-refractivity contribution in [3.8, 4) is 6.07 Å². The molecule has 0 unspecified atom stereocenters. The number of nitriles is 1. The third-order valence-corrected chi connectivity index (χ3v) is 2.15. The summed E-state index contributed by atoms with van der Waals surface area (Å²) in [6, 6.07) is 2.10. The Morgan fingerprint density at radius 2 is 1.57 bits per heavy atom. The molecule has 0 radical (unpaired) electrons. The topological polar surface area (TPSA) is 23.8 Å². The smallest absolute Gasteiger partial charge is 0.0663 e. The molecule has 0 aromatic carbocycles. The van der Waals surface area contributed by atoms with Crippen LogP contribution in [0, 0.1) is 11.3 Å². The molecule has 1 heteroatoms. The lowest BCUT2D eigenvalue weighted by Gasteiger charge is -1.97. The van der Waals surface area contributed by atoms with E-state index in [1.54, 1.807) is 0 Å².